The average Bonchev–Trinajstić information content (AvgIpc) is 2.27. The highest BCUT2D eigenvalue weighted by atomic mass is 16.5. The second kappa shape index (κ2) is 6.15. The molecular formula is C14H22N2O. The first-order valence-electron chi connectivity index (χ1n) is 6.35. The Morgan fingerprint density at radius 3 is 2.71 bits per heavy atom. The summed E-state index contributed by atoms with van der Waals surface area (Å²) in [6.45, 7) is 7.35. The third-order valence-electron chi connectivity index (χ3n) is 3.37. The summed E-state index contributed by atoms with van der Waals surface area (Å²) in [6, 6.07) is 9.41. The number of hydrogen-bond donors (Lipinski definition) is 1. The molecule has 1 aliphatic rings. The Kier molecular flexibility index (Phi) is 4.54. The van der Waals surface area contributed by atoms with Crippen LogP contribution in [-0.2, 0) is 17.9 Å². The molecule has 0 aliphatic carbocycles. The van der Waals surface area contributed by atoms with Crippen molar-refractivity contribution < 1.29 is 4.74 Å². The van der Waals surface area contributed by atoms with Gasteiger partial charge in [0.1, 0.15) is 0 Å². The molecule has 0 bridgehead atoms. The first kappa shape index (κ1) is 12.6. The first-order chi connectivity index (χ1) is 8.33. The third-order valence-corrected chi connectivity index (χ3v) is 3.37. The monoisotopic (exact) mass is 234 g/mol. The van der Waals surface area contributed by atoms with E-state index in [-0.39, 0.29) is 0 Å². The van der Waals surface area contributed by atoms with Gasteiger partial charge < -0.3 is 10.1 Å². The van der Waals surface area contributed by atoms with E-state index in [0.29, 0.717) is 12.6 Å². The number of ether oxygens (including phenoxy) is 1. The topological polar surface area (TPSA) is 24.5 Å². The van der Waals surface area contributed by atoms with Gasteiger partial charge in [-0.2, -0.15) is 0 Å². The molecule has 1 aromatic carbocycles. The fourth-order valence-electron chi connectivity index (χ4n) is 2.25. The maximum atomic E-state index is 5.17. The van der Waals surface area contributed by atoms with Crippen LogP contribution in [0.4, 0.5) is 0 Å². The van der Waals surface area contributed by atoms with Crippen molar-refractivity contribution in [3.8, 4) is 0 Å². The Morgan fingerprint density at radius 1 is 1.35 bits per heavy atom. The van der Waals surface area contributed by atoms with Crippen molar-refractivity contribution in [1.29, 1.82) is 0 Å². The van der Waals surface area contributed by atoms with Gasteiger partial charge in [0.15, 0.2) is 0 Å². The fraction of sp³-hybridized carbons (Fsp3) is 0.571. The lowest BCUT2D eigenvalue weighted by Crippen LogP contribution is -2.56. The van der Waals surface area contributed by atoms with Crippen LogP contribution in [0.15, 0.2) is 24.3 Å². The number of rotatable bonds is 6. The lowest BCUT2D eigenvalue weighted by atomic mass is 10.1. The van der Waals surface area contributed by atoms with Gasteiger partial charge in [0.2, 0.25) is 0 Å². The molecule has 1 fully saturated rings. The maximum Gasteiger partial charge on any atom is 0.0713 e. The summed E-state index contributed by atoms with van der Waals surface area (Å²) in [5.41, 5.74) is 2.64. The minimum Gasteiger partial charge on any atom is -0.380 e. The summed E-state index contributed by atoms with van der Waals surface area (Å²) in [4.78, 5) is 2.53. The van der Waals surface area contributed by atoms with E-state index in [1.54, 1.807) is 7.11 Å². The number of benzene rings is 1. The highest BCUT2D eigenvalue weighted by Gasteiger charge is 2.22. The van der Waals surface area contributed by atoms with Gasteiger partial charge in [0.25, 0.3) is 0 Å². The minimum atomic E-state index is 0.699. The Hall–Kier alpha value is -0.900. The molecule has 1 heterocycles. The standard InChI is InChI=1S/C14H22N2O/c1-3-16(14-8-15-9-14)10-12-5-4-6-13(7-12)11-17-2/h4-7,14-15H,3,8-11H2,1-2H3. The van der Waals surface area contributed by atoms with Gasteiger partial charge in [0.05, 0.1) is 6.61 Å². The summed E-state index contributed by atoms with van der Waals surface area (Å²) < 4.78 is 5.17. The van der Waals surface area contributed by atoms with Gasteiger partial charge in [-0.05, 0) is 17.7 Å². The smallest absolute Gasteiger partial charge is 0.0713 e. The number of likely N-dealkylation sites (N-methyl/N-ethyl adjacent to an activating group) is 1. The Balaban J connectivity index is 1.98. The predicted octanol–water partition coefficient (Wildman–Crippen LogP) is 1.63. The number of nitrogens with zero attached hydrogens (tertiary/aromatic N) is 1. The average molecular weight is 234 g/mol. The normalized spacial score (nSPS) is 16.2. The Labute approximate surface area is 104 Å². The molecule has 2 rings (SSSR count). The molecule has 0 saturated carbocycles. The van der Waals surface area contributed by atoms with Crippen LogP contribution in [0.5, 0.6) is 0 Å². The first-order valence-corrected chi connectivity index (χ1v) is 6.35. The van der Waals surface area contributed by atoms with Gasteiger partial charge in [-0.1, -0.05) is 31.2 Å². The molecular weight excluding hydrogens is 212 g/mol. The molecule has 17 heavy (non-hydrogen) atoms. The molecule has 1 N–H and O–H groups in total. The van der Waals surface area contributed by atoms with E-state index in [9.17, 15) is 0 Å². The lowest BCUT2D eigenvalue weighted by Gasteiger charge is -2.37. The molecule has 1 saturated heterocycles. The number of methoxy groups -OCH3 is 1. The van der Waals surface area contributed by atoms with Crippen molar-refractivity contribution in [1.82, 2.24) is 10.2 Å². The van der Waals surface area contributed by atoms with Crippen LogP contribution >= 0.6 is 0 Å². The van der Waals surface area contributed by atoms with E-state index in [4.69, 9.17) is 4.74 Å². The van der Waals surface area contributed by atoms with E-state index in [1.165, 1.54) is 11.1 Å². The van der Waals surface area contributed by atoms with Crippen molar-refractivity contribution in [2.75, 3.05) is 26.7 Å². The summed E-state index contributed by atoms with van der Waals surface area (Å²) in [6.07, 6.45) is 0. The molecule has 3 nitrogen and oxygen atoms in total. The van der Waals surface area contributed by atoms with Crippen LogP contribution in [-0.4, -0.2) is 37.7 Å². The molecule has 1 aliphatic heterocycles. The zero-order valence-electron chi connectivity index (χ0n) is 10.8. The van der Waals surface area contributed by atoms with Gasteiger partial charge in [-0.25, -0.2) is 0 Å². The van der Waals surface area contributed by atoms with E-state index < -0.39 is 0 Å². The maximum absolute atomic E-state index is 5.17. The summed E-state index contributed by atoms with van der Waals surface area (Å²) in [7, 11) is 1.74. The van der Waals surface area contributed by atoms with E-state index in [2.05, 4.69) is 41.4 Å². The van der Waals surface area contributed by atoms with Crippen LogP contribution in [0.2, 0.25) is 0 Å². The van der Waals surface area contributed by atoms with Gasteiger partial charge in [-0.3, -0.25) is 4.90 Å². The largest absolute Gasteiger partial charge is 0.380 e. The molecule has 94 valence electrons. The van der Waals surface area contributed by atoms with E-state index in [1.807, 2.05) is 0 Å². The molecule has 3 heteroatoms. The van der Waals surface area contributed by atoms with Crippen LogP contribution in [0, 0.1) is 0 Å². The molecule has 1 aromatic rings. The Bertz CT molecular complexity index is 350. The quantitative estimate of drug-likeness (QED) is 0.809. The van der Waals surface area contributed by atoms with Crippen molar-refractivity contribution in [2.45, 2.75) is 26.1 Å². The second-order valence-corrected chi connectivity index (χ2v) is 4.63. The molecule has 0 radical (unpaired) electrons. The number of nitrogens with one attached hydrogen (secondary N) is 1. The minimum absolute atomic E-state index is 0.699. The molecule has 0 aromatic heterocycles. The molecule has 0 amide bonds. The van der Waals surface area contributed by atoms with Gasteiger partial charge in [-0.15, -0.1) is 0 Å². The molecule has 0 unspecified atom stereocenters. The Morgan fingerprint density at radius 2 is 2.12 bits per heavy atom. The fourth-order valence-corrected chi connectivity index (χ4v) is 2.25. The molecule has 0 spiro atoms. The van der Waals surface area contributed by atoms with Crippen molar-refractivity contribution >= 4 is 0 Å². The zero-order chi connectivity index (χ0) is 12.1. The second-order valence-electron chi connectivity index (χ2n) is 4.63. The van der Waals surface area contributed by atoms with E-state index in [0.717, 1.165) is 26.2 Å². The predicted molar refractivity (Wildman–Crippen MR) is 69.9 cm³/mol. The van der Waals surface area contributed by atoms with Crippen molar-refractivity contribution in [3.63, 3.8) is 0 Å². The van der Waals surface area contributed by atoms with Gasteiger partial charge >= 0.3 is 0 Å². The van der Waals surface area contributed by atoms with Crippen molar-refractivity contribution in [2.24, 2.45) is 0 Å². The van der Waals surface area contributed by atoms with Crippen LogP contribution in [0.25, 0.3) is 0 Å². The van der Waals surface area contributed by atoms with Gasteiger partial charge in [0, 0.05) is 32.8 Å². The SMILES string of the molecule is CCN(Cc1cccc(COC)c1)C1CNC1. The van der Waals surface area contributed by atoms with Crippen molar-refractivity contribution in [3.05, 3.63) is 35.4 Å². The van der Waals surface area contributed by atoms with Crippen LogP contribution in [0.3, 0.4) is 0 Å². The highest BCUT2D eigenvalue weighted by molar-refractivity contribution is 5.23. The third kappa shape index (κ3) is 3.28. The van der Waals surface area contributed by atoms with Crippen LogP contribution < -0.4 is 5.32 Å². The van der Waals surface area contributed by atoms with Crippen LogP contribution in [0.1, 0.15) is 18.1 Å². The summed E-state index contributed by atoms with van der Waals surface area (Å²) in [5.74, 6) is 0. The molecule has 0 atom stereocenters. The highest BCUT2D eigenvalue weighted by Crippen LogP contribution is 2.13. The summed E-state index contributed by atoms with van der Waals surface area (Å²) in [5, 5.41) is 3.33. The number of hydrogen-bond acceptors (Lipinski definition) is 3. The lowest BCUT2D eigenvalue weighted by molar-refractivity contribution is 0.145. The summed E-state index contributed by atoms with van der Waals surface area (Å²) >= 11 is 0. The zero-order valence-corrected chi connectivity index (χ0v) is 10.8. The van der Waals surface area contributed by atoms with E-state index >= 15 is 0 Å².